The van der Waals surface area contributed by atoms with Crippen molar-refractivity contribution in [3.05, 3.63) is 15.6 Å². The summed E-state index contributed by atoms with van der Waals surface area (Å²) in [4.78, 5) is 5.84. The molecule has 0 atom stereocenters. The summed E-state index contributed by atoms with van der Waals surface area (Å²) in [5.41, 5.74) is 1.15. The monoisotopic (exact) mass is 214 g/mol. The molecular formula is C10H18N2OS. The van der Waals surface area contributed by atoms with Crippen LogP contribution in [0.15, 0.2) is 0 Å². The molecule has 4 heteroatoms. The standard InChI is InChI=1S/C10H18N2OS/c1-4-11-7-9-8(2)12-10(14-9)5-6-13-3/h11H,4-7H2,1-3H3. The molecule has 0 amide bonds. The number of nitrogens with one attached hydrogen (secondary N) is 1. The molecule has 3 nitrogen and oxygen atoms in total. The lowest BCUT2D eigenvalue weighted by Gasteiger charge is -1.97. The molecule has 0 bridgehead atoms. The van der Waals surface area contributed by atoms with Crippen LogP contribution in [0.25, 0.3) is 0 Å². The van der Waals surface area contributed by atoms with Gasteiger partial charge in [-0.1, -0.05) is 6.92 Å². The highest BCUT2D eigenvalue weighted by Crippen LogP contribution is 2.18. The molecule has 0 radical (unpaired) electrons. The van der Waals surface area contributed by atoms with Crippen LogP contribution in [0.1, 0.15) is 22.5 Å². The van der Waals surface area contributed by atoms with Crippen molar-refractivity contribution in [1.29, 1.82) is 0 Å². The minimum atomic E-state index is 0.758. The van der Waals surface area contributed by atoms with Crippen LogP contribution in [0, 0.1) is 6.92 Å². The van der Waals surface area contributed by atoms with E-state index < -0.39 is 0 Å². The Hall–Kier alpha value is -0.450. The lowest BCUT2D eigenvalue weighted by atomic mass is 10.4. The molecule has 1 aromatic rings. The number of thiazole rings is 1. The Bertz CT molecular complexity index is 273. The lowest BCUT2D eigenvalue weighted by molar-refractivity contribution is 0.202. The zero-order valence-electron chi connectivity index (χ0n) is 9.09. The molecule has 0 saturated heterocycles. The molecule has 0 fully saturated rings. The second-order valence-corrected chi connectivity index (χ2v) is 4.31. The van der Waals surface area contributed by atoms with Gasteiger partial charge in [-0.25, -0.2) is 4.98 Å². The van der Waals surface area contributed by atoms with E-state index in [9.17, 15) is 0 Å². The van der Waals surface area contributed by atoms with E-state index in [0.717, 1.165) is 31.8 Å². The van der Waals surface area contributed by atoms with E-state index in [1.807, 2.05) is 0 Å². The third-order valence-electron chi connectivity index (χ3n) is 1.99. The molecule has 0 aliphatic heterocycles. The number of nitrogens with zero attached hydrogens (tertiary/aromatic N) is 1. The summed E-state index contributed by atoms with van der Waals surface area (Å²) >= 11 is 1.79. The average Bonchev–Trinajstić information content (AvgIpc) is 2.53. The van der Waals surface area contributed by atoms with E-state index in [1.165, 1.54) is 9.88 Å². The van der Waals surface area contributed by atoms with Gasteiger partial charge in [-0.2, -0.15) is 0 Å². The van der Waals surface area contributed by atoms with Gasteiger partial charge < -0.3 is 10.1 Å². The molecule has 1 rings (SSSR count). The Kier molecular flexibility index (Phi) is 5.07. The quantitative estimate of drug-likeness (QED) is 0.783. The van der Waals surface area contributed by atoms with Crippen LogP contribution in [0.3, 0.4) is 0 Å². The number of aryl methyl sites for hydroxylation is 1. The number of hydrogen-bond acceptors (Lipinski definition) is 4. The fourth-order valence-corrected chi connectivity index (χ4v) is 2.21. The highest BCUT2D eigenvalue weighted by Gasteiger charge is 2.06. The number of ether oxygens (including phenoxy) is 1. The van der Waals surface area contributed by atoms with E-state index >= 15 is 0 Å². The fraction of sp³-hybridized carbons (Fsp3) is 0.700. The number of rotatable bonds is 6. The van der Waals surface area contributed by atoms with Crippen LogP contribution in [0.5, 0.6) is 0 Å². The van der Waals surface area contributed by atoms with Gasteiger partial charge in [0.2, 0.25) is 0 Å². The van der Waals surface area contributed by atoms with Crippen molar-refractivity contribution >= 4 is 11.3 Å². The maximum Gasteiger partial charge on any atom is 0.0954 e. The molecule has 0 spiro atoms. The third kappa shape index (κ3) is 3.36. The predicted molar refractivity (Wildman–Crippen MR) is 59.8 cm³/mol. The average molecular weight is 214 g/mol. The first-order valence-corrected chi connectivity index (χ1v) is 5.74. The molecule has 1 heterocycles. The van der Waals surface area contributed by atoms with Gasteiger partial charge >= 0.3 is 0 Å². The molecular weight excluding hydrogens is 196 g/mol. The maximum atomic E-state index is 5.03. The molecule has 14 heavy (non-hydrogen) atoms. The van der Waals surface area contributed by atoms with Crippen molar-refractivity contribution in [2.75, 3.05) is 20.3 Å². The Morgan fingerprint density at radius 1 is 1.50 bits per heavy atom. The van der Waals surface area contributed by atoms with Crippen LogP contribution in [0.2, 0.25) is 0 Å². The first-order chi connectivity index (χ1) is 6.77. The first-order valence-electron chi connectivity index (χ1n) is 4.92. The smallest absolute Gasteiger partial charge is 0.0954 e. The van der Waals surface area contributed by atoms with Crippen molar-refractivity contribution in [3.8, 4) is 0 Å². The second kappa shape index (κ2) is 6.11. The summed E-state index contributed by atoms with van der Waals surface area (Å²) in [6, 6.07) is 0. The van der Waals surface area contributed by atoms with Crippen LogP contribution >= 0.6 is 11.3 Å². The molecule has 0 aliphatic rings. The minimum Gasteiger partial charge on any atom is -0.384 e. The van der Waals surface area contributed by atoms with Gasteiger partial charge in [-0.05, 0) is 13.5 Å². The Morgan fingerprint density at radius 3 is 2.93 bits per heavy atom. The highest BCUT2D eigenvalue weighted by molar-refractivity contribution is 7.11. The van der Waals surface area contributed by atoms with Crippen LogP contribution in [-0.4, -0.2) is 25.2 Å². The van der Waals surface area contributed by atoms with Gasteiger partial charge in [0.15, 0.2) is 0 Å². The van der Waals surface area contributed by atoms with Crippen molar-refractivity contribution < 1.29 is 4.74 Å². The summed E-state index contributed by atoms with van der Waals surface area (Å²) < 4.78 is 5.03. The van der Waals surface area contributed by atoms with E-state index in [0.29, 0.717) is 0 Å². The topological polar surface area (TPSA) is 34.1 Å². The molecule has 0 aliphatic carbocycles. The molecule has 1 aromatic heterocycles. The van der Waals surface area contributed by atoms with E-state index in [-0.39, 0.29) is 0 Å². The predicted octanol–water partition coefficient (Wildman–Crippen LogP) is 1.75. The zero-order valence-corrected chi connectivity index (χ0v) is 9.91. The van der Waals surface area contributed by atoms with Gasteiger partial charge in [-0.3, -0.25) is 0 Å². The largest absolute Gasteiger partial charge is 0.384 e. The van der Waals surface area contributed by atoms with Crippen molar-refractivity contribution in [3.63, 3.8) is 0 Å². The number of aromatic nitrogens is 1. The summed E-state index contributed by atoms with van der Waals surface area (Å²) in [5.74, 6) is 0. The van der Waals surface area contributed by atoms with E-state index in [4.69, 9.17) is 4.74 Å². The Labute approximate surface area is 89.5 Å². The lowest BCUT2D eigenvalue weighted by Crippen LogP contribution is -2.11. The summed E-state index contributed by atoms with van der Waals surface area (Å²) in [6.07, 6.45) is 0.925. The summed E-state index contributed by atoms with van der Waals surface area (Å²) in [6.45, 7) is 6.88. The SMILES string of the molecule is CCNCc1sc(CCOC)nc1C. The normalized spacial score (nSPS) is 10.8. The summed E-state index contributed by atoms with van der Waals surface area (Å²) in [5, 5.41) is 4.49. The van der Waals surface area contributed by atoms with Crippen molar-refractivity contribution in [2.45, 2.75) is 26.8 Å². The van der Waals surface area contributed by atoms with Gasteiger partial charge in [0, 0.05) is 25.0 Å². The van der Waals surface area contributed by atoms with E-state index in [2.05, 4.69) is 24.1 Å². The van der Waals surface area contributed by atoms with Gasteiger partial charge in [0.1, 0.15) is 0 Å². The Morgan fingerprint density at radius 2 is 2.29 bits per heavy atom. The van der Waals surface area contributed by atoms with Gasteiger partial charge in [0.25, 0.3) is 0 Å². The first kappa shape index (κ1) is 11.6. The molecule has 0 aromatic carbocycles. The molecule has 0 saturated carbocycles. The maximum absolute atomic E-state index is 5.03. The minimum absolute atomic E-state index is 0.758. The molecule has 0 unspecified atom stereocenters. The third-order valence-corrected chi connectivity index (χ3v) is 3.21. The zero-order chi connectivity index (χ0) is 10.4. The fourth-order valence-electron chi connectivity index (χ4n) is 1.19. The van der Waals surface area contributed by atoms with Crippen LogP contribution < -0.4 is 5.32 Å². The second-order valence-electron chi connectivity index (χ2n) is 3.14. The van der Waals surface area contributed by atoms with Crippen LogP contribution in [0.4, 0.5) is 0 Å². The van der Waals surface area contributed by atoms with Crippen LogP contribution in [-0.2, 0) is 17.7 Å². The highest BCUT2D eigenvalue weighted by atomic mass is 32.1. The number of hydrogen-bond donors (Lipinski definition) is 1. The van der Waals surface area contributed by atoms with Gasteiger partial charge in [0.05, 0.1) is 17.3 Å². The Balaban J connectivity index is 2.53. The molecule has 80 valence electrons. The summed E-state index contributed by atoms with van der Waals surface area (Å²) in [7, 11) is 1.72. The van der Waals surface area contributed by atoms with Gasteiger partial charge in [-0.15, -0.1) is 11.3 Å². The van der Waals surface area contributed by atoms with Crippen molar-refractivity contribution in [1.82, 2.24) is 10.3 Å². The number of methoxy groups -OCH3 is 1. The van der Waals surface area contributed by atoms with Crippen molar-refractivity contribution in [2.24, 2.45) is 0 Å². The van der Waals surface area contributed by atoms with E-state index in [1.54, 1.807) is 18.4 Å². The molecule has 1 N–H and O–H groups in total.